The zero-order valence-corrected chi connectivity index (χ0v) is 17.4. The fraction of sp³-hybridized carbons (Fsp3) is 0.364. The smallest absolute Gasteiger partial charge is 0.227 e. The third-order valence-corrected chi connectivity index (χ3v) is 4.81. The van der Waals surface area contributed by atoms with E-state index in [1.807, 2.05) is 38.1 Å². The van der Waals surface area contributed by atoms with Crippen LogP contribution in [0.2, 0.25) is 5.02 Å². The molecule has 7 heteroatoms. The molecule has 0 saturated carbocycles. The minimum atomic E-state index is -0.167. The van der Waals surface area contributed by atoms with Gasteiger partial charge in [-0.2, -0.15) is 0 Å². The molecule has 1 heterocycles. The second kappa shape index (κ2) is 9.65. The van der Waals surface area contributed by atoms with Crippen LogP contribution in [0.4, 0.5) is 5.69 Å². The number of rotatable bonds is 7. The summed E-state index contributed by atoms with van der Waals surface area (Å²) in [6.07, 6.45) is 0.117. The molecule has 6 nitrogen and oxygen atoms in total. The van der Waals surface area contributed by atoms with Crippen LogP contribution in [0.5, 0.6) is 11.5 Å². The number of hydrogen-bond acceptors (Lipinski definition) is 4. The molecule has 1 atom stereocenters. The van der Waals surface area contributed by atoms with E-state index >= 15 is 0 Å². The number of fused-ring (bicyclic) bond motifs is 1. The van der Waals surface area contributed by atoms with E-state index in [0.29, 0.717) is 36.2 Å². The van der Waals surface area contributed by atoms with E-state index in [9.17, 15) is 9.59 Å². The van der Waals surface area contributed by atoms with Gasteiger partial charge in [0.05, 0.1) is 18.8 Å². The highest BCUT2D eigenvalue weighted by Crippen LogP contribution is 2.36. The van der Waals surface area contributed by atoms with Gasteiger partial charge in [-0.05, 0) is 49.7 Å². The van der Waals surface area contributed by atoms with Crippen LogP contribution in [0, 0.1) is 0 Å². The first kappa shape index (κ1) is 21.0. The van der Waals surface area contributed by atoms with E-state index in [4.69, 9.17) is 21.1 Å². The summed E-state index contributed by atoms with van der Waals surface area (Å²) in [6, 6.07) is 12.8. The van der Waals surface area contributed by atoms with E-state index in [0.717, 1.165) is 11.3 Å². The van der Waals surface area contributed by atoms with Crippen LogP contribution >= 0.6 is 11.6 Å². The van der Waals surface area contributed by atoms with E-state index in [1.54, 1.807) is 23.1 Å². The maximum Gasteiger partial charge on any atom is 0.227 e. The van der Waals surface area contributed by atoms with Gasteiger partial charge in [0, 0.05) is 24.4 Å². The second-order valence-electron chi connectivity index (χ2n) is 6.90. The second-order valence-corrected chi connectivity index (χ2v) is 7.33. The summed E-state index contributed by atoms with van der Waals surface area (Å²) in [5.41, 5.74) is 1.62. The molecule has 0 radical (unpaired) electrons. The van der Waals surface area contributed by atoms with Crippen LogP contribution < -0.4 is 19.7 Å². The maximum atomic E-state index is 12.7. The Balaban J connectivity index is 1.51. The van der Waals surface area contributed by atoms with Crippen molar-refractivity contribution < 1.29 is 19.1 Å². The van der Waals surface area contributed by atoms with Crippen molar-refractivity contribution in [2.45, 2.75) is 39.3 Å². The van der Waals surface area contributed by atoms with Gasteiger partial charge in [-0.25, -0.2) is 0 Å². The Morgan fingerprint density at radius 1 is 1.21 bits per heavy atom. The van der Waals surface area contributed by atoms with Crippen molar-refractivity contribution in [3.63, 3.8) is 0 Å². The summed E-state index contributed by atoms with van der Waals surface area (Å²) < 4.78 is 11.2. The molecule has 0 fully saturated rings. The van der Waals surface area contributed by atoms with Crippen molar-refractivity contribution in [3.05, 3.63) is 53.1 Å². The third-order valence-electron chi connectivity index (χ3n) is 4.57. The van der Waals surface area contributed by atoms with Crippen molar-refractivity contribution in [2.75, 3.05) is 18.1 Å². The van der Waals surface area contributed by atoms with Gasteiger partial charge in [0.2, 0.25) is 11.8 Å². The number of nitrogens with one attached hydrogen (secondary N) is 1. The number of halogens is 1. The highest BCUT2D eigenvalue weighted by molar-refractivity contribution is 6.31. The number of ether oxygens (including phenoxy) is 2. The molecule has 29 heavy (non-hydrogen) atoms. The summed E-state index contributed by atoms with van der Waals surface area (Å²) in [6.45, 7) is 5.29. The molecule has 1 aliphatic rings. The zero-order valence-electron chi connectivity index (χ0n) is 16.6. The summed E-state index contributed by atoms with van der Waals surface area (Å²) in [4.78, 5) is 26.6. The van der Waals surface area contributed by atoms with E-state index in [-0.39, 0.29) is 30.8 Å². The first-order valence-electron chi connectivity index (χ1n) is 9.71. The van der Waals surface area contributed by atoms with Gasteiger partial charge >= 0.3 is 0 Å². The number of carbonyl (C=O) groups is 2. The van der Waals surface area contributed by atoms with Crippen LogP contribution in [0.25, 0.3) is 0 Å². The maximum absolute atomic E-state index is 12.7. The Bertz CT molecular complexity index is 870. The lowest BCUT2D eigenvalue weighted by Gasteiger charge is -2.33. The normalized spacial score (nSPS) is 15.3. The molecule has 1 N–H and O–H groups in total. The number of benzene rings is 2. The lowest BCUT2D eigenvalue weighted by atomic mass is 10.1. The van der Waals surface area contributed by atoms with Crippen molar-refractivity contribution in [3.8, 4) is 11.5 Å². The number of nitrogens with zero attached hydrogens (tertiary/aromatic N) is 1. The van der Waals surface area contributed by atoms with E-state index < -0.39 is 0 Å². The van der Waals surface area contributed by atoms with Gasteiger partial charge in [-0.15, -0.1) is 0 Å². The van der Waals surface area contributed by atoms with Crippen molar-refractivity contribution in [2.24, 2.45) is 0 Å². The molecule has 0 aliphatic carbocycles. The number of hydrogen-bond donors (Lipinski definition) is 1. The topological polar surface area (TPSA) is 67.9 Å². The molecule has 2 amide bonds. The Morgan fingerprint density at radius 2 is 1.97 bits per heavy atom. The summed E-state index contributed by atoms with van der Waals surface area (Å²) in [5.74, 6) is 1.13. The Morgan fingerprint density at radius 3 is 2.69 bits per heavy atom. The summed E-state index contributed by atoms with van der Waals surface area (Å²) in [5, 5.41) is 3.38. The average Bonchev–Trinajstić information content (AvgIpc) is 2.71. The molecule has 154 valence electrons. The quantitative estimate of drug-likeness (QED) is 0.742. The Kier molecular flexibility index (Phi) is 6.99. The minimum absolute atomic E-state index is 0.119. The van der Waals surface area contributed by atoms with Crippen molar-refractivity contribution >= 4 is 29.1 Å². The van der Waals surface area contributed by atoms with Gasteiger partial charge in [0.25, 0.3) is 0 Å². The number of carbonyl (C=O) groups excluding carboxylic acids is 2. The third kappa shape index (κ3) is 5.64. The molecular weight excluding hydrogens is 392 g/mol. The van der Waals surface area contributed by atoms with E-state index in [1.165, 1.54) is 0 Å². The van der Waals surface area contributed by atoms with Gasteiger partial charge in [-0.1, -0.05) is 23.7 Å². The fourth-order valence-corrected chi connectivity index (χ4v) is 3.33. The highest BCUT2D eigenvalue weighted by Gasteiger charge is 2.27. The van der Waals surface area contributed by atoms with Crippen LogP contribution in [0.1, 0.15) is 32.3 Å². The molecule has 2 aromatic rings. The molecule has 0 bridgehead atoms. The molecular formula is C22H25ClN2O4. The van der Waals surface area contributed by atoms with Crippen LogP contribution in [-0.4, -0.2) is 31.1 Å². The molecule has 0 saturated heterocycles. The molecule has 0 spiro atoms. The van der Waals surface area contributed by atoms with Gasteiger partial charge in [-0.3, -0.25) is 9.59 Å². The first-order chi connectivity index (χ1) is 14.0. The van der Waals surface area contributed by atoms with E-state index in [2.05, 4.69) is 5.32 Å². The largest absolute Gasteiger partial charge is 0.494 e. The molecule has 0 aromatic heterocycles. The average molecular weight is 417 g/mol. The number of amides is 2. The van der Waals surface area contributed by atoms with Crippen molar-refractivity contribution in [1.29, 1.82) is 0 Å². The summed E-state index contributed by atoms with van der Waals surface area (Å²) in [7, 11) is 0. The molecule has 3 rings (SSSR count). The predicted octanol–water partition coefficient (Wildman–Crippen LogP) is 3.95. The Hall–Kier alpha value is -2.73. The standard InChI is InChI=1S/C22H25ClN2O4/c1-3-28-18-7-4-16(5-8-18)13-24-21(26)10-11-22(27)25-14-15(2)29-20-9-6-17(23)12-19(20)25/h4-9,12,15H,3,10-11,13-14H2,1-2H3,(H,24,26). The number of anilines is 1. The van der Waals surface area contributed by atoms with Crippen LogP contribution in [0.3, 0.4) is 0 Å². The minimum Gasteiger partial charge on any atom is -0.494 e. The molecule has 2 aromatic carbocycles. The molecule has 1 aliphatic heterocycles. The van der Waals surface area contributed by atoms with Gasteiger partial charge < -0.3 is 19.7 Å². The monoisotopic (exact) mass is 416 g/mol. The SMILES string of the molecule is CCOc1ccc(CNC(=O)CCC(=O)N2CC(C)Oc3ccc(Cl)cc32)cc1. The van der Waals surface area contributed by atoms with Gasteiger partial charge in [0.1, 0.15) is 17.6 Å². The van der Waals surface area contributed by atoms with Gasteiger partial charge in [0.15, 0.2) is 0 Å². The molecule has 1 unspecified atom stereocenters. The zero-order chi connectivity index (χ0) is 20.8. The Labute approximate surface area is 175 Å². The van der Waals surface area contributed by atoms with Crippen molar-refractivity contribution in [1.82, 2.24) is 5.32 Å². The fourth-order valence-electron chi connectivity index (χ4n) is 3.16. The first-order valence-corrected chi connectivity index (χ1v) is 10.1. The van der Waals surface area contributed by atoms with Crippen LogP contribution in [-0.2, 0) is 16.1 Å². The van der Waals surface area contributed by atoms with Crippen LogP contribution in [0.15, 0.2) is 42.5 Å². The predicted molar refractivity (Wildman–Crippen MR) is 113 cm³/mol. The lowest BCUT2D eigenvalue weighted by Crippen LogP contribution is -2.42. The summed E-state index contributed by atoms with van der Waals surface area (Å²) >= 11 is 6.07. The highest BCUT2D eigenvalue weighted by atomic mass is 35.5. The lowest BCUT2D eigenvalue weighted by molar-refractivity contribution is -0.125.